The second-order valence-electron chi connectivity index (χ2n) is 3.47. The van der Waals surface area contributed by atoms with Gasteiger partial charge in [-0.15, -0.1) is 0 Å². The van der Waals surface area contributed by atoms with Crippen LogP contribution in [0.25, 0.3) is 0 Å². The fourth-order valence-corrected chi connectivity index (χ4v) is 1.43. The molecule has 0 amide bonds. The molecule has 0 aliphatic rings. The van der Waals surface area contributed by atoms with Crippen molar-refractivity contribution in [1.29, 1.82) is 0 Å². The predicted octanol–water partition coefficient (Wildman–Crippen LogP) is 2.29. The lowest BCUT2D eigenvalue weighted by molar-refractivity contribution is -0.0491. The number of aliphatic hydroxyl groups excluding tert-OH is 1. The molecule has 74 valence electrons. The van der Waals surface area contributed by atoms with Crippen molar-refractivity contribution in [2.45, 2.75) is 58.7 Å². The van der Waals surface area contributed by atoms with Crippen LogP contribution < -0.4 is 0 Å². The lowest BCUT2D eigenvalue weighted by Gasteiger charge is -2.14. The highest BCUT2D eigenvalue weighted by Crippen LogP contribution is 2.18. The molecule has 0 aliphatic heterocycles. The van der Waals surface area contributed by atoms with Gasteiger partial charge in [-0.05, 0) is 18.8 Å². The van der Waals surface area contributed by atoms with Crippen LogP contribution in [0.15, 0.2) is 0 Å². The summed E-state index contributed by atoms with van der Waals surface area (Å²) in [5.41, 5.74) is 0. The third kappa shape index (κ3) is 6.62. The van der Waals surface area contributed by atoms with Crippen LogP contribution in [0.5, 0.6) is 0 Å². The smallest absolute Gasteiger partial charge is 0.151 e. The Morgan fingerprint density at radius 2 is 1.67 bits per heavy atom. The highest BCUT2D eigenvalue weighted by molar-refractivity contribution is 4.57. The van der Waals surface area contributed by atoms with E-state index in [1.165, 1.54) is 19.3 Å². The van der Waals surface area contributed by atoms with Crippen molar-refractivity contribution >= 4 is 0 Å². The van der Waals surface area contributed by atoms with Gasteiger partial charge < -0.3 is 10.2 Å². The highest BCUT2D eigenvalue weighted by atomic mass is 16.5. The minimum atomic E-state index is -1.11. The van der Waals surface area contributed by atoms with Gasteiger partial charge in [-0.3, -0.25) is 0 Å². The second-order valence-corrected chi connectivity index (χ2v) is 3.47. The Balaban J connectivity index is 3.39. The van der Waals surface area contributed by atoms with Crippen LogP contribution in [0.3, 0.4) is 0 Å². The van der Waals surface area contributed by atoms with Crippen molar-refractivity contribution in [2.24, 2.45) is 5.92 Å². The van der Waals surface area contributed by atoms with Crippen molar-refractivity contribution in [3.8, 4) is 0 Å². The molecule has 12 heavy (non-hydrogen) atoms. The van der Waals surface area contributed by atoms with Crippen molar-refractivity contribution < 1.29 is 10.2 Å². The first-order valence-electron chi connectivity index (χ1n) is 5.06. The van der Waals surface area contributed by atoms with Gasteiger partial charge in [0, 0.05) is 0 Å². The fraction of sp³-hybridized carbons (Fsp3) is 1.00. The van der Waals surface area contributed by atoms with E-state index in [-0.39, 0.29) is 0 Å². The van der Waals surface area contributed by atoms with Crippen molar-refractivity contribution in [1.82, 2.24) is 0 Å². The first kappa shape index (κ1) is 11.9. The molecule has 0 radical (unpaired) electrons. The third-order valence-corrected chi connectivity index (χ3v) is 2.38. The molecule has 2 nitrogen and oxygen atoms in total. The maximum absolute atomic E-state index is 8.68. The minimum Gasteiger partial charge on any atom is -0.368 e. The third-order valence-electron chi connectivity index (χ3n) is 2.38. The zero-order valence-corrected chi connectivity index (χ0v) is 8.29. The average molecular weight is 174 g/mol. The van der Waals surface area contributed by atoms with Gasteiger partial charge in [0.25, 0.3) is 0 Å². The number of hydrogen-bond acceptors (Lipinski definition) is 2. The SMILES string of the molecule is CCCCC(CC)CCC(O)O. The molecule has 2 heteroatoms. The second kappa shape index (κ2) is 7.56. The zero-order chi connectivity index (χ0) is 9.40. The molecule has 0 aromatic rings. The Kier molecular flexibility index (Phi) is 7.51. The summed E-state index contributed by atoms with van der Waals surface area (Å²) in [6.45, 7) is 4.36. The molecule has 0 aromatic carbocycles. The molecule has 0 rings (SSSR count). The predicted molar refractivity (Wildman–Crippen MR) is 50.8 cm³/mol. The lowest BCUT2D eigenvalue weighted by Crippen LogP contribution is -2.08. The molecule has 0 saturated heterocycles. The van der Waals surface area contributed by atoms with Crippen molar-refractivity contribution in [2.75, 3.05) is 0 Å². The Hall–Kier alpha value is -0.0800. The first-order chi connectivity index (χ1) is 5.70. The molecule has 0 aromatic heterocycles. The number of aliphatic hydroxyl groups is 2. The molecule has 1 unspecified atom stereocenters. The monoisotopic (exact) mass is 174 g/mol. The molecule has 0 spiro atoms. The van der Waals surface area contributed by atoms with Crippen molar-refractivity contribution in [3.05, 3.63) is 0 Å². The zero-order valence-electron chi connectivity index (χ0n) is 8.29. The van der Waals surface area contributed by atoms with Crippen LogP contribution in [0.1, 0.15) is 52.4 Å². The van der Waals surface area contributed by atoms with Crippen LogP contribution in [0, 0.1) is 5.92 Å². The number of hydrogen-bond donors (Lipinski definition) is 2. The molecule has 0 heterocycles. The molecular weight excluding hydrogens is 152 g/mol. The molecule has 0 aliphatic carbocycles. The maximum Gasteiger partial charge on any atom is 0.151 e. The highest BCUT2D eigenvalue weighted by Gasteiger charge is 2.07. The van der Waals surface area contributed by atoms with E-state index in [0.29, 0.717) is 12.3 Å². The van der Waals surface area contributed by atoms with E-state index >= 15 is 0 Å². The summed E-state index contributed by atoms with van der Waals surface area (Å²) in [7, 11) is 0. The summed E-state index contributed by atoms with van der Waals surface area (Å²) in [5.74, 6) is 0.687. The summed E-state index contributed by atoms with van der Waals surface area (Å²) in [5, 5.41) is 17.4. The summed E-state index contributed by atoms with van der Waals surface area (Å²) < 4.78 is 0. The van der Waals surface area contributed by atoms with E-state index in [9.17, 15) is 0 Å². The van der Waals surface area contributed by atoms with Gasteiger partial charge in [0.15, 0.2) is 6.29 Å². The van der Waals surface area contributed by atoms with Gasteiger partial charge >= 0.3 is 0 Å². The van der Waals surface area contributed by atoms with Gasteiger partial charge in [-0.25, -0.2) is 0 Å². The van der Waals surface area contributed by atoms with Crippen LogP contribution >= 0.6 is 0 Å². The molecule has 2 N–H and O–H groups in total. The fourth-order valence-electron chi connectivity index (χ4n) is 1.43. The number of rotatable bonds is 7. The van der Waals surface area contributed by atoms with Gasteiger partial charge in [0.1, 0.15) is 0 Å². The van der Waals surface area contributed by atoms with E-state index < -0.39 is 6.29 Å². The number of unbranched alkanes of at least 4 members (excludes halogenated alkanes) is 1. The first-order valence-corrected chi connectivity index (χ1v) is 5.06. The molecule has 1 atom stereocenters. The summed E-state index contributed by atoms with van der Waals surface area (Å²) in [6.07, 6.45) is 5.27. The largest absolute Gasteiger partial charge is 0.368 e. The minimum absolute atomic E-state index is 0.530. The Labute approximate surface area is 75.6 Å². The van der Waals surface area contributed by atoms with Crippen LogP contribution in [-0.2, 0) is 0 Å². The van der Waals surface area contributed by atoms with E-state index in [4.69, 9.17) is 10.2 Å². The van der Waals surface area contributed by atoms with Gasteiger partial charge in [0.05, 0.1) is 0 Å². The summed E-state index contributed by atoms with van der Waals surface area (Å²) >= 11 is 0. The summed E-state index contributed by atoms with van der Waals surface area (Å²) in [4.78, 5) is 0. The van der Waals surface area contributed by atoms with Crippen LogP contribution in [-0.4, -0.2) is 16.5 Å². The molecule has 0 fully saturated rings. The van der Waals surface area contributed by atoms with Gasteiger partial charge in [-0.1, -0.05) is 39.5 Å². The Bertz CT molecular complexity index is 91.8. The van der Waals surface area contributed by atoms with Crippen molar-refractivity contribution in [3.63, 3.8) is 0 Å². The topological polar surface area (TPSA) is 40.5 Å². The maximum atomic E-state index is 8.68. The Morgan fingerprint density at radius 1 is 1.00 bits per heavy atom. The molecule has 0 saturated carbocycles. The van der Waals surface area contributed by atoms with Crippen LogP contribution in [0.2, 0.25) is 0 Å². The average Bonchev–Trinajstić information content (AvgIpc) is 2.05. The van der Waals surface area contributed by atoms with E-state index in [2.05, 4.69) is 13.8 Å². The molecule has 0 bridgehead atoms. The summed E-state index contributed by atoms with van der Waals surface area (Å²) in [6, 6.07) is 0. The van der Waals surface area contributed by atoms with Gasteiger partial charge in [0.2, 0.25) is 0 Å². The molecular formula is C10H22O2. The Morgan fingerprint density at radius 3 is 2.08 bits per heavy atom. The normalized spacial score (nSPS) is 13.8. The van der Waals surface area contributed by atoms with Crippen LogP contribution in [0.4, 0.5) is 0 Å². The standard InChI is InChI=1S/C10H22O2/c1-3-5-6-9(4-2)7-8-10(11)12/h9-12H,3-8H2,1-2H3. The quantitative estimate of drug-likeness (QED) is 0.581. The van der Waals surface area contributed by atoms with E-state index in [1.807, 2.05) is 0 Å². The lowest BCUT2D eigenvalue weighted by atomic mass is 9.94. The van der Waals surface area contributed by atoms with E-state index in [1.54, 1.807) is 0 Å². The van der Waals surface area contributed by atoms with E-state index in [0.717, 1.165) is 12.8 Å². The van der Waals surface area contributed by atoms with Gasteiger partial charge in [-0.2, -0.15) is 0 Å².